The summed E-state index contributed by atoms with van der Waals surface area (Å²) in [5, 5.41) is 9.46. The van der Waals surface area contributed by atoms with Crippen LogP contribution in [0.1, 0.15) is 41.3 Å². The van der Waals surface area contributed by atoms with Gasteiger partial charge in [-0.3, -0.25) is 4.79 Å². The fourth-order valence-corrected chi connectivity index (χ4v) is 2.51. The number of carbonyl (C=O) groups excluding carboxylic acids is 1. The lowest BCUT2D eigenvalue weighted by Gasteiger charge is -2.11. The highest BCUT2D eigenvalue weighted by Gasteiger charge is 2.14. The van der Waals surface area contributed by atoms with Crippen molar-refractivity contribution in [3.63, 3.8) is 0 Å². The summed E-state index contributed by atoms with van der Waals surface area (Å²) >= 11 is 0. The molecule has 0 saturated carbocycles. The van der Waals surface area contributed by atoms with Crippen molar-refractivity contribution in [3.05, 3.63) is 64.7 Å². The van der Waals surface area contributed by atoms with Gasteiger partial charge in [0.05, 0.1) is 13.7 Å². The summed E-state index contributed by atoms with van der Waals surface area (Å²) < 4.78 is 11.1. The van der Waals surface area contributed by atoms with Gasteiger partial charge in [0.15, 0.2) is 11.5 Å². The second-order valence-electron chi connectivity index (χ2n) is 5.93. The van der Waals surface area contributed by atoms with Gasteiger partial charge in [0.25, 0.3) is 0 Å². The van der Waals surface area contributed by atoms with Gasteiger partial charge in [-0.25, -0.2) is 0 Å². The smallest absolute Gasteiger partial charge is 0.203 e. The molecule has 0 radical (unpaired) electrons. The van der Waals surface area contributed by atoms with Crippen molar-refractivity contribution in [1.29, 1.82) is 5.26 Å². The molecule has 2 aromatic rings. The molecule has 0 atom stereocenters. The zero-order valence-corrected chi connectivity index (χ0v) is 15.4. The van der Waals surface area contributed by atoms with Crippen molar-refractivity contribution in [1.82, 2.24) is 0 Å². The van der Waals surface area contributed by atoms with Gasteiger partial charge in [-0.1, -0.05) is 43.7 Å². The summed E-state index contributed by atoms with van der Waals surface area (Å²) in [6.07, 6.45) is 3.56. The Hall–Kier alpha value is -3.06. The molecule has 0 aromatic heterocycles. The van der Waals surface area contributed by atoms with Crippen LogP contribution < -0.4 is 9.47 Å². The van der Waals surface area contributed by atoms with Crippen molar-refractivity contribution in [3.8, 4) is 17.6 Å². The first kappa shape index (κ1) is 19.3. The van der Waals surface area contributed by atoms with Crippen LogP contribution in [0.2, 0.25) is 0 Å². The molecule has 0 fully saturated rings. The van der Waals surface area contributed by atoms with E-state index < -0.39 is 0 Å². The number of Topliss-reactive ketones (excluding diaryl/α,β-unsaturated/α-hetero) is 1. The Bertz CT molecular complexity index is 847. The second-order valence-corrected chi connectivity index (χ2v) is 5.93. The third-order valence-electron chi connectivity index (χ3n) is 4.01. The molecule has 0 unspecified atom stereocenters. The summed E-state index contributed by atoms with van der Waals surface area (Å²) in [7, 11) is 1.58. The predicted molar refractivity (Wildman–Crippen MR) is 102 cm³/mol. The Kier molecular flexibility index (Phi) is 6.99. The van der Waals surface area contributed by atoms with E-state index in [-0.39, 0.29) is 11.4 Å². The standard InChI is InChI=1S/C22H23NO3/c1-4-5-12-26-21-14-17(10-11-20(21)25-3)13-18(15-23)22(24)19-9-7-6-8-16(19)2/h6-11,13-14H,4-5,12H2,1-3H3/b18-13+. The summed E-state index contributed by atoms with van der Waals surface area (Å²) in [5.41, 5.74) is 2.19. The number of allylic oxidation sites excluding steroid dienone is 1. The van der Waals surface area contributed by atoms with Crippen molar-refractivity contribution in [2.45, 2.75) is 26.7 Å². The molecule has 4 heteroatoms. The number of hydrogen-bond acceptors (Lipinski definition) is 4. The number of aryl methyl sites for hydroxylation is 1. The summed E-state index contributed by atoms with van der Waals surface area (Å²) in [5.74, 6) is 0.951. The number of carbonyl (C=O) groups is 1. The highest BCUT2D eigenvalue weighted by molar-refractivity contribution is 6.14. The Morgan fingerprint density at radius 2 is 1.96 bits per heavy atom. The number of unbranched alkanes of at least 4 members (excludes halogenated alkanes) is 1. The molecule has 0 bridgehead atoms. The maximum Gasteiger partial charge on any atom is 0.203 e. The Labute approximate surface area is 154 Å². The molecule has 0 N–H and O–H groups in total. The molecule has 4 nitrogen and oxygen atoms in total. The van der Waals surface area contributed by atoms with Gasteiger partial charge in [0.2, 0.25) is 5.78 Å². The normalized spacial score (nSPS) is 10.9. The largest absolute Gasteiger partial charge is 0.493 e. The molecule has 0 aliphatic heterocycles. The second kappa shape index (κ2) is 9.43. The molecule has 0 amide bonds. The molecule has 26 heavy (non-hydrogen) atoms. The van der Waals surface area contributed by atoms with Gasteiger partial charge < -0.3 is 9.47 Å². The van der Waals surface area contributed by atoms with Crippen molar-refractivity contribution >= 4 is 11.9 Å². The van der Waals surface area contributed by atoms with Gasteiger partial charge in [-0.05, 0) is 42.7 Å². The van der Waals surface area contributed by atoms with Gasteiger partial charge in [-0.2, -0.15) is 5.26 Å². The lowest BCUT2D eigenvalue weighted by atomic mass is 9.98. The molecule has 0 saturated heterocycles. The van der Waals surface area contributed by atoms with E-state index >= 15 is 0 Å². The van der Waals surface area contributed by atoms with Gasteiger partial charge in [0.1, 0.15) is 11.6 Å². The summed E-state index contributed by atoms with van der Waals surface area (Å²) in [6.45, 7) is 4.54. The van der Waals surface area contributed by atoms with Crippen LogP contribution in [0.5, 0.6) is 11.5 Å². The molecule has 0 spiro atoms. The first-order valence-corrected chi connectivity index (χ1v) is 8.63. The van der Waals surface area contributed by atoms with Crippen molar-refractivity contribution in [2.24, 2.45) is 0 Å². The number of benzene rings is 2. The highest BCUT2D eigenvalue weighted by Crippen LogP contribution is 2.29. The average Bonchev–Trinajstić information content (AvgIpc) is 2.66. The first-order chi connectivity index (χ1) is 12.6. The Morgan fingerprint density at radius 1 is 1.19 bits per heavy atom. The average molecular weight is 349 g/mol. The van der Waals surface area contributed by atoms with E-state index in [4.69, 9.17) is 9.47 Å². The number of hydrogen-bond donors (Lipinski definition) is 0. The van der Waals surface area contributed by atoms with Crippen LogP contribution in [0, 0.1) is 18.3 Å². The van der Waals surface area contributed by atoms with Crippen LogP contribution in [-0.4, -0.2) is 19.5 Å². The Morgan fingerprint density at radius 3 is 2.62 bits per heavy atom. The van der Waals surface area contributed by atoms with Crippen LogP contribution in [0.15, 0.2) is 48.0 Å². The van der Waals surface area contributed by atoms with Crippen molar-refractivity contribution in [2.75, 3.05) is 13.7 Å². The van der Waals surface area contributed by atoms with Crippen LogP contribution in [0.3, 0.4) is 0 Å². The van der Waals surface area contributed by atoms with E-state index in [0.717, 1.165) is 24.0 Å². The fourth-order valence-electron chi connectivity index (χ4n) is 2.51. The lowest BCUT2D eigenvalue weighted by Crippen LogP contribution is -2.04. The predicted octanol–water partition coefficient (Wildman–Crippen LogP) is 4.97. The topological polar surface area (TPSA) is 59.3 Å². The number of ketones is 1. The zero-order chi connectivity index (χ0) is 18.9. The molecule has 2 aromatic carbocycles. The van der Waals surface area contributed by atoms with Crippen LogP contribution in [0.25, 0.3) is 6.08 Å². The maximum atomic E-state index is 12.7. The fraction of sp³-hybridized carbons (Fsp3) is 0.273. The number of nitriles is 1. The van der Waals surface area contributed by atoms with Crippen LogP contribution in [0.4, 0.5) is 0 Å². The third-order valence-corrected chi connectivity index (χ3v) is 4.01. The third kappa shape index (κ3) is 4.73. The molecule has 0 aliphatic rings. The molecular weight excluding hydrogens is 326 g/mol. The van der Waals surface area contributed by atoms with E-state index in [2.05, 4.69) is 6.92 Å². The molecule has 0 aliphatic carbocycles. The molecule has 134 valence electrons. The molecule has 2 rings (SSSR count). The quantitative estimate of drug-likeness (QED) is 0.292. The van der Waals surface area contributed by atoms with Crippen molar-refractivity contribution < 1.29 is 14.3 Å². The first-order valence-electron chi connectivity index (χ1n) is 8.63. The molecular formula is C22H23NO3. The zero-order valence-electron chi connectivity index (χ0n) is 15.4. The van der Waals surface area contributed by atoms with Crippen LogP contribution in [-0.2, 0) is 0 Å². The summed E-state index contributed by atoms with van der Waals surface area (Å²) in [4.78, 5) is 12.7. The minimum Gasteiger partial charge on any atom is -0.493 e. The van der Waals surface area contributed by atoms with Gasteiger partial charge in [-0.15, -0.1) is 0 Å². The number of nitrogens with zero attached hydrogens (tertiary/aromatic N) is 1. The van der Waals surface area contributed by atoms with Gasteiger partial charge >= 0.3 is 0 Å². The number of rotatable bonds is 8. The van der Waals surface area contributed by atoms with E-state index in [1.54, 1.807) is 43.5 Å². The lowest BCUT2D eigenvalue weighted by molar-refractivity contribution is 0.103. The minimum atomic E-state index is -0.283. The van der Waals surface area contributed by atoms with E-state index in [9.17, 15) is 10.1 Å². The maximum absolute atomic E-state index is 12.7. The van der Waals surface area contributed by atoms with Crippen LogP contribution >= 0.6 is 0 Å². The van der Waals surface area contributed by atoms with E-state index in [1.165, 1.54) is 0 Å². The SMILES string of the molecule is CCCCOc1cc(/C=C(\C#N)C(=O)c2ccccc2C)ccc1OC. The monoisotopic (exact) mass is 349 g/mol. The Balaban J connectivity index is 2.33. The van der Waals surface area contributed by atoms with Gasteiger partial charge in [0, 0.05) is 5.56 Å². The minimum absolute atomic E-state index is 0.0870. The number of ether oxygens (including phenoxy) is 2. The molecule has 0 heterocycles. The van der Waals surface area contributed by atoms with E-state index in [1.807, 2.05) is 25.1 Å². The highest BCUT2D eigenvalue weighted by atomic mass is 16.5. The number of methoxy groups -OCH3 is 1. The van der Waals surface area contributed by atoms with E-state index in [0.29, 0.717) is 23.7 Å². The summed E-state index contributed by atoms with van der Waals surface area (Å²) in [6, 6.07) is 14.6.